The zero-order valence-electron chi connectivity index (χ0n) is 13.9. The van der Waals surface area contributed by atoms with Crippen molar-refractivity contribution in [1.82, 2.24) is 10.6 Å². The number of nitrogens with zero attached hydrogens (tertiary/aromatic N) is 1. The molecule has 1 unspecified atom stereocenters. The van der Waals surface area contributed by atoms with E-state index >= 15 is 0 Å². The van der Waals surface area contributed by atoms with E-state index in [1.165, 1.54) is 12.1 Å². The van der Waals surface area contributed by atoms with E-state index in [1.807, 2.05) is 13.0 Å². The van der Waals surface area contributed by atoms with Crippen LogP contribution >= 0.6 is 15.9 Å². The van der Waals surface area contributed by atoms with Crippen LogP contribution in [-0.4, -0.2) is 44.0 Å². The fourth-order valence-electron chi connectivity index (χ4n) is 2.80. The molecule has 3 N–H and O–H groups in total. The third kappa shape index (κ3) is 5.72. The minimum atomic E-state index is -0.280. The van der Waals surface area contributed by atoms with Crippen LogP contribution < -0.4 is 10.6 Å². The Kier molecular flexibility index (Phi) is 7.45. The molecule has 7 heteroatoms. The summed E-state index contributed by atoms with van der Waals surface area (Å²) in [6, 6.07) is 4.76. The van der Waals surface area contributed by atoms with Gasteiger partial charge in [0.2, 0.25) is 0 Å². The van der Waals surface area contributed by atoms with E-state index < -0.39 is 0 Å². The maximum Gasteiger partial charge on any atom is 0.191 e. The molecule has 0 radical (unpaired) electrons. The fourth-order valence-corrected chi connectivity index (χ4v) is 3.31. The summed E-state index contributed by atoms with van der Waals surface area (Å²) in [5.74, 6) is 0.402. The SMILES string of the molecule is CCNC(=NCc1cc(F)cc(Br)c1)NCC1(CCO)CCOC1. The Balaban J connectivity index is 1.99. The summed E-state index contributed by atoms with van der Waals surface area (Å²) in [6.07, 6.45) is 1.63. The number of hydrogen-bond donors (Lipinski definition) is 3. The second-order valence-electron chi connectivity index (χ2n) is 6.10. The third-order valence-corrected chi connectivity index (χ3v) is 4.60. The average molecular weight is 402 g/mol. The number of guanidine groups is 1. The molecule has 2 rings (SSSR count). The molecule has 0 bridgehead atoms. The van der Waals surface area contributed by atoms with Gasteiger partial charge in [-0.05, 0) is 43.5 Å². The fraction of sp³-hybridized carbons (Fsp3) is 0.588. The van der Waals surface area contributed by atoms with Crippen LogP contribution in [0.4, 0.5) is 4.39 Å². The lowest BCUT2D eigenvalue weighted by molar-refractivity contribution is 0.127. The first-order valence-electron chi connectivity index (χ1n) is 8.23. The largest absolute Gasteiger partial charge is 0.396 e. The van der Waals surface area contributed by atoms with Gasteiger partial charge in [0.1, 0.15) is 5.82 Å². The summed E-state index contributed by atoms with van der Waals surface area (Å²) >= 11 is 3.29. The molecule has 5 nitrogen and oxygen atoms in total. The molecule has 1 saturated heterocycles. The maximum absolute atomic E-state index is 13.4. The molecule has 1 aromatic rings. The smallest absolute Gasteiger partial charge is 0.191 e. The Bertz CT molecular complexity index is 543. The van der Waals surface area contributed by atoms with Gasteiger partial charge in [-0.1, -0.05) is 15.9 Å². The van der Waals surface area contributed by atoms with E-state index in [4.69, 9.17) is 4.74 Å². The van der Waals surface area contributed by atoms with Crippen molar-refractivity contribution in [2.24, 2.45) is 10.4 Å². The van der Waals surface area contributed by atoms with Crippen LogP contribution in [0.25, 0.3) is 0 Å². The van der Waals surface area contributed by atoms with Gasteiger partial charge < -0.3 is 20.5 Å². The molecular weight excluding hydrogens is 377 g/mol. The summed E-state index contributed by atoms with van der Waals surface area (Å²) in [5, 5.41) is 15.8. The number of halogens is 2. The Morgan fingerprint density at radius 1 is 1.42 bits per heavy atom. The molecule has 1 fully saturated rings. The van der Waals surface area contributed by atoms with Crippen molar-refractivity contribution in [2.45, 2.75) is 26.3 Å². The van der Waals surface area contributed by atoms with E-state index in [9.17, 15) is 9.50 Å². The first-order chi connectivity index (χ1) is 11.6. The highest BCUT2D eigenvalue weighted by Gasteiger charge is 2.34. The van der Waals surface area contributed by atoms with Crippen molar-refractivity contribution in [3.63, 3.8) is 0 Å². The van der Waals surface area contributed by atoms with Crippen molar-refractivity contribution in [3.8, 4) is 0 Å². The molecule has 1 atom stereocenters. The van der Waals surface area contributed by atoms with Gasteiger partial charge >= 0.3 is 0 Å². The molecule has 1 aliphatic heterocycles. The highest BCUT2D eigenvalue weighted by molar-refractivity contribution is 9.10. The summed E-state index contributed by atoms with van der Waals surface area (Å²) < 4.78 is 19.6. The monoisotopic (exact) mass is 401 g/mol. The lowest BCUT2D eigenvalue weighted by Crippen LogP contribution is -2.44. The number of rotatable bonds is 7. The van der Waals surface area contributed by atoms with Gasteiger partial charge in [-0.15, -0.1) is 0 Å². The van der Waals surface area contributed by atoms with Gasteiger partial charge in [0.25, 0.3) is 0 Å². The first kappa shape index (κ1) is 19.1. The number of nitrogens with one attached hydrogen (secondary N) is 2. The Morgan fingerprint density at radius 3 is 2.88 bits per heavy atom. The number of aliphatic imine (C=N–C) groups is 1. The number of aliphatic hydroxyl groups is 1. The second kappa shape index (κ2) is 9.34. The predicted molar refractivity (Wildman–Crippen MR) is 96.5 cm³/mol. The lowest BCUT2D eigenvalue weighted by atomic mass is 9.84. The normalized spacial score (nSPS) is 21.1. The maximum atomic E-state index is 13.4. The average Bonchev–Trinajstić information content (AvgIpc) is 2.98. The molecule has 0 amide bonds. The van der Waals surface area contributed by atoms with Crippen molar-refractivity contribution in [3.05, 3.63) is 34.1 Å². The number of hydrogen-bond acceptors (Lipinski definition) is 3. The number of benzene rings is 1. The molecule has 24 heavy (non-hydrogen) atoms. The van der Waals surface area contributed by atoms with Crippen LogP contribution in [0, 0.1) is 11.2 Å². The topological polar surface area (TPSA) is 65.9 Å². The van der Waals surface area contributed by atoms with Crippen molar-refractivity contribution >= 4 is 21.9 Å². The summed E-state index contributed by atoms with van der Waals surface area (Å²) in [7, 11) is 0. The van der Waals surface area contributed by atoms with Crippen LogP contribution in [-0.2, 0) is 11.3 Å². The van der Waals surface area contributed by atoms with Crippen molar-refractivity contribution in [2.75, 3.05) is 32.9 Å². The molecular formula is C17H25BrFN3O2. The van der Waals surface area contributed by atoms with E-state index in [1.54, 1.807) is 0 Å². The van der Waals surface area contributed by atoms with Crippen LogP contribution in [0.15, 0.2) is 27.7 Å². The summed E-state index contributed by atoms with van der Waals surface area (Å²) in [4.78, 5) is 4.52. The first-order valence-corrected chi connectivity index (χ1v) is 9.02. The predicted octanol–water partition coefficient (Wildman–Crippen LogP) is 2.43. The summed E-state index contributed by atoms with van der Waals surface area (Å²) in [5.41, 5.74) is 0.751. The van der Waals surface area contributed by atoms with Gasteiger partial charge in [-0.2, -0.15) is 0 Å². The standard InChI is InChI=1S/C17H25BrFN3O2/c1-2-20-16(21-10-13-7-14(18)9-15(19)8-13)22-11-17(3-5-23)4-6-24-12-17/h7-9,23H,2-6,10-12H2,1H3,(H2,20,21,22). The number of aliphatic hydroxyl groups excluding tert-OH is 1. The Labute approximate surface area is 150 Å². The van der Waals surface area contributed by atoms with Gasteiger partial charge in [-0.25, -0.2) is 9.38 Å². The summed E-state index contributed by atoms with van der Waals surface area (Å²) in [6.45, 7) is 5.33. The van der Waals surface area contributed by atoms with Gasteiger partial charge in [0.15, 0.2) is 5.96 Å². The molecule has 0 aromatic heterocycles. The Hall–Kier alpha value is -1.18. The molecule has 1 aliphatic rings. The van der Waals surface area contributed by atoms with Crippen LogP contribution in [0.5, 0.6) is 0 Å². The second-order valence-corrected chi connectivity index (χ2v) is 7.02. The van der Waals surface area contributed by atoms with E-state index in [-0.39, 0.29) is 17.8 Å². The van der Waals surface area contributed by atoms with Gasteiger partial charge in [0, 0.05) is 36.2 Å². The molecule has 0 spiro atoms. The van der Waals surface area contributed by atoms with Crippen molar-refractivity contribution < 1.29 is 14.2 Å². The molecule has 1 aromatic carbocycles. The van der Waals surface area contributed by atoms with E-state index in [2.05, 4.69) is 31.6 Å². The molecule has 1 heterocycles. The number of ether oxygens (including phenoxy) is 1. The van der Waals surface area contributed by atoms with E-state index in [0.29, 0.717) is 36.5 Å². The highest BCUT2D eigenvalue weighted by Crippen LogP contribution is 2.31. The zero-order chi connectivity index (χ0) is 17.4. The van der Waals surface area contributed by atoms with Crippen LogP contribution in [0.1, 0.15) is 25.3 Å². The highest BCUT2D eigenvalue weighted by atomic mass is 79.9. The molecule has 0 saturated carbocycles. The van der Waals surface area contributed by atoms with Gasteiger partial charge in [-0.3, -0.25) is 0 Å². The molecule has 0 aliphatic carbocycles. The minimum Gasteiger partial charge on any atom is -0.396 e. The van der Waals surface area contributed by atoms with Gasteiger partial charge in [0.05, 0.1) is 13.2 Å². The minimum absolute atomic E-state index is 0.0488. The molecule has 134 valence electrons. The van der Waals surface area contributed by atoms with Crippen LogP contribution in [0.3, 0.4) is 0 Å². The third-order valence-electron chi connectivity index (χ3n) is 4.14. The lowest BCUT2D eigenvalue weighted by Gasteiger charge is -2.27. The zero-order valence-corrected chi connectivity index (χ0v) is 15.5. The quantitative estimate of drug-likeness (QED) is 0.484. The van der Waals surface area contributed by atoms with Crippen LogP contribution in [0.2, 0.25) is 0 Å². The van der Waals surface area contributed by atoms with Crippen molar-refractivity contribution in [1.29, 1.82) is 0 Å². The Morgan fingerprint density at radius 2 is 2.25 bits per heavy atom. The van der Waals surface area contributed by atoms with E-state index in [0.717, 1.165) is 25.1 Å².